The summed E-state index contributed by atoms with van der Waals surface area (Å²) in [4.78, 5) is 12.7. The largest absolute Gasteiger partial charge is 0.326 e. The van der Waals surface area contributed by atoms with E-state index in [-0.39, 0.29) is 48.6 Å². The Morgan fingerprint density at radius 3 is 2.62 bits per heavy atom. The normalized spacial score (nSPS) is 13.5. The Balaban J connectivity index is 1.87. The van der Waals surface area contributed by atoms with Crippen LogP contribution in [0.25, 0.3) is 0 Å². The fraction of sp³-hybridized carbons (Fsp3) is 0.273. The van der Waals surface area contributed by atoms with Gasteiger partial charge >= 0.3 is 0 Å². The van der Waals surface area contributed by atoms with Crippen molar-refractivity contribution in [3.63, 3.8) is 0 Å². The first-order valence-electron chi connectivity index (χ1n) is 11.0. The Kier molecular flexibility index (Phi) is 3.63. The number of carbonyl (C=O) groups is 1. The second-order valence-corrected chi connectivity index (χ2v) is 6.38. The van der Waals surface area contributed by atoms with Crippen molar-refractivity contribution in [1.29, 1.82) is 0 Å². The first kappa shape index (κ1) is 12.5. The molecule has 1 aromatic heterocycles. The maximum atomic E-state index is 12.7. The van der Waals surface area contributed by atoms with Crippen molar-refractivity contribution < 1.29 is 11.6 Å². The molecule has 0 saturated heterocycles. The Bertz CT molecular complexity index is 1160. The van der Waals surface area contributed by atoms with Crippen LogP contribution in [0.5, 0.6) is 0 Å². The van der Waals surface area contributed by atoms with Crippen molar-refractivity contribution in [2.24, 2.45) is 0 Å². The Morgan fingerprint density at radius 2 is 1.88 bits per heavy atom. The van der Waals surface area contributed by atoms with E-state index in [9.17, 15) is 4.79 Å². The molecular formula is C22H25N3O. The number of aromatic nitrogens is 2. The lowest BCUT2D eigenvalue weighted by Crippen LogP contribution is -2.16. The highest BCUT2D eigenvalue weighted by Crippen LogP contribution is 2.20. The second kappa shape index (κ2) is 7.56. The van der Waals surface area contributed by atoms with Crippen molar-refractivity contribution in [2.45, 2.75) is 40.7 Å². The molecule has 1 amide bonds. The first-order valence-corrected chi connectivity index (χ1v) is 8.47. The van der Waals surface area contributed by atoms with Crippen LogP contribution in [0.3, 0.4) is 0 Å². The summed E-state index contributed by atoms with van der Waals surface area (Å²) in [5.41, 5.74) is 5.20. The van der Waals surface area contributed by atoms with Gasteiger partial charge in [0.25, 0.3) is 0 Å². The quantitative estimate of drug-likeness (QED) is 0.742. The van der Waals surface area contributed by atoms with Gasteiger partial charge < -0.3 is 5.32 Å². The number of hydrogen-bond acceptors (Lipinski definition) is 2. The standard InChI is InChI=1S/C22H25N3O/c1-15-9-8-12-21(16(15)2)23-22(26)13-20-17(3)24-25(18(20)4)14-19-10-6-5-7-11-19/h5-12H,13-14H2,1-4H3,(H,23,26)/i5D,6D,7D,10D,11D. The molecule has 0 saturated carbocycles. The van der Waals surface area contributed by atoms with Gasteiger partial charge in [-0.3, -0.25) is 9.48 Å². The van der Waals surface area contributed by atoms with Crippen LogP contribution in [0.1, 0.15) is 40.5 Å². The summed E-state index contributed by atoms with van der Waals surface area (Å²) in [5.74, 6) is -0.165. The topological polar surface area (TPSA) is 46.9 Å². The molecule has 0 radical (unpaired) electrons. The molecule has 4 heteroatoms. The lowest BCUT2D eigenvalue weighted by Gasteiger charge is -2.11. The van der Waals surface area contributed by atoms with Crippen molar-refractivity contribution in [3.05, 3.63) is 82.1 Å². The zero-order chi connectivity index (χ0) is 23.0. The second-order valence-electron chi connectivity index (χ2n) is 6.38. The lowest BCUT2D eigenvalue weighted by molar-refractivity contribution is -0.115. The van der Waals surface area contributed by atoms with Crippen LogP contribution in [-0.4, -0.2) is 15.7 Å². The van der Waals surface area contributed by atoms with Crippen molar-refractivity contribution in [1.82, 2.24) is 9.78 Å². The third kappa shape index (κ3) is 3.85. The van der Waals surface area contributed by atoms with Gasteiger partial charge in [-0.25, -0.2) is 0 Å². The van der Waals surface area contributed by atoms with Gasteiger partial charge in [-0.05, 0) is 50.5 Å². The van der Waals surface area contributed by atoms with E-state index in [0.717, 1.165) is 28.1 Å². The van der Waals surface area contributed by atoms with Crippen LogP contribution < -0.4 is 5.32 Å². The van der Waals surface area contributed by atoms with Gasteiger partial charge in [0, 0.05) is 16.9 Å². The SMILES string of the molecule is [2H]c1c([2H])c([2H])c(Cn2nc(C)c(CC(=O)Nc3cccc(C)c3C)c2C)c([2H])c1[2H]. The molecule has 1 N–H and O–H groups in total. The number of hydrogen-bond donors (Lipinski definition) is 1. The third-order valence-corrected chi connectivity index (χ3v) is 4.61. The van der Waals surface area contributed by atoms with E-state index in [1.165, 1.54) is 0 Å². The smallest absolute Gasteiger partial charge is 0.228 e. The predicted molar refractivity (Wildman–Crippen MR) is 105 cm³/mol. The number of amides is 1. The van der Waals surface area contributed by atoms with Crippen molar-refractivity contribution in [3.8, 4) is 0 Å². The number of rotatable bonds is 5. The molecule has 0 aliphatic heterocycles. The highest BCUT2D eigenvalue weighted by atomic mass is 16.1. The van der Waals surface area contributed by atoms with Gasteiger partial charge in [0.15, 0.2) is 0 Å². The summed E-state index contributed by atoms with van der Waals surface area (Å²) < 4.78 is 41.2. The van der Waals surface area contributed by atoms with Gasteiger partial charge in [-0.15, -0.1) is 0 Å². The van der Waals surface area contributed by atoms with Gasteiger partial charge in [0.05, 0.1) is 25.5 Å². The maximum Gasteiger partial charge on any atom is 0.228 e. The van der Waals surface area contributed by atoms with Crippen LogP contribution >= 0.6 is 0 Å². The van der Waals surface area contributed by atoms with Gasteiger partial charge in [0.2, 0.25) is 5.91 Å². The number of aryl methyl sites for hydroxylation is 2. The molecule has 4 nitrogen and oxygen atoms in total. The van der Waals surface area contributed by atoms with E-state index in [1.54, 1.807) is 11.6 Å². The molecule has 0 fully saturated rings. The van der Waals surface area contributed by atoms with E-state index >= 15 is 0 Å². The van der Waals surface area contributed by atoms with Crippen LogP contribution in [0.2, 0.25) is 0 Å². The first-order chi connectivity index (χ1) is 14.5. The van der Waals surface area contributed by atoms with E-state index in [2.05, 4.69) is 10.4 Å². The predicted octanol–water partition coefficient (Wildman–Crippen LogP) is 4.35. The third-order valence-electron chi connectivity index (χ3n) is 4.61. The monoisotopic (exact) mass is 352 g/mol. The molecular weight excluding hydrogens is 322 g/mol. The summed E-state index contributed by atoms with van der Waals surface area (Å²) in [6, 6.07) is 4.10. The van der Waals surface area contributed by atoms with Crippen LogP contribution in [0, 0.1) is 27.7 Å². The Morgan fingerprint density at radius 1 is 1.15 bits per heavy atom. The zero-order valence-corrected chi connectivity index (χ0v) is 15.4. The Labute approximate surface area is 161 Å². The number of nitrogens with zero attached hydrogens (tertiary/aromatic N) is 2. The number of carbonyl (C=O) groups excluding carboxylic acids is 1. The number of anilines is 1. The van der Waals surface area contributed by atoms with E-state index < -0.39 is 6.04 Å². The van der Waals surface area contributed by atoms with E-state index in [1.807, 2.05) is 39.0 Å². The minimum absolute atomic E-state index is 0.0288. The molecule has 0 aliphatic rings. The minimum atomic E-state index is -0.420. The fourth-order valence-electron chi connectivity index (χ4n) is 2.89. The highest BCUT2D eigenvalue weighted by molar-refractivity contribution is 5.93. The molecule has 0 bridgehead atoms. The molecule has 2 aromatic carbocycles. The molecule has 26 heavy (non-hydrogen) atoms. The highest BCUT2D eigenvalue weighted by Gasteiger charge is 2.16. The van der Waals surface area contributed by atoms with Gasteiger partial charge in [-0.2, -0.15) is 5.10 Å². The molecule has 134 valence electrons. The molecule has 3 rings (SSSR count). The van der Waals surface area contributed by atoms with Gasteiger partial charge in [-0.1, -0.05) is 42.3 Å². The van der Waals surface area contributed by atoms with Crippen LogP contribution in [-0.2, 0) is 17.8 Å². The zero-order valence-electron chi connectivity index (χ0n) is 20.4. The van der Waals surface area contributed by atoms with Crippen LogP contribution in [0.15, 0.2) is 48.4 Å². The van der Waals surface area contributed by atoms with Crippen molar-refractivity contribution >= 4 is 11.6 Å². The van der Waals surface area contributed by atoms with Crippen LogP contribution in [0.4, 0.5) is 5.69 Å². The maximum absolute atomic E-state index is 12.7. The average molecular weight is 352 g/mol. The summed E-state index contributed by atoms with van der Waals surface area (Å²) in [7, 11) is 0. The molecule has 0 spiro atoms. The molecule has 3 aromatic rings. The Hall–Kier alpha value is -2.88. The summed E-state index contributed by atoms with van der Waals surface area (Å²) >= 11 is 0. The van der Waals surface area contributed by atoms with Crippen molar-refractivity contribution in [2.75, 3.05) is 5.32 Å². The lowest BCUT2D eigenvalue weighted by atomic mass is 10.1. The minimum Gasteiger partial charge on any atom is -0.326 e. The number of benzene rings is 2. The summed E-state index contributed by atoms with van der Waals surface area (Å²) in [5, 5.41) is 7.41. The molecule has 0 unspecified atom stereocenters. The molecule has 0 atom stereocenters. The van der Waals surface area contributed by atoms with Gasteiger partial charge in [0.1, 0.15) is 0 Å². The summed E-state index contributed by atoms with van der Waals surface area (Å²) in [6.45, 7) is 7.59. The van der Waals surface area contributed by atoms with E-state index in [4.69, 9.17) is 6.85 Å². The number of nitrogens with one attached hydrogen (secondary N) is 1. The summed E-state index contributed by atoms with van der Waals surface area (Å²) in [6.07, 6.45) is 0.131. The molecule has 0 aliphatic carbocycles. The molecule has 1 heterocycles. The fourth-order valence-corrected chi connectivity index (χ4v) is 2.89. The average Bonchev–Trinajstić information content (AvgIpc) is 2.99. The van der Waals surface area contributed by atoms with E-state index in [0.29, 0.717) is 5.69 Å².